The van der Waals surface area contributed by atoms with Crippen LogP contribution in [0.3, 0.4) is 0 Å². The Labute approximate surface area is 218 Å². The van der Waals surface area contributed by atoms with E-state index in [0.717, 1.165) is 61.2 Å². The predicted molar refractivity (Wildman–Crippen MR) is 133 cm³/mol. The van der Waals surface area contributed by atoms with Gasteiger partial charge in [0, 0.05) is 36.6 Å². The highest BCUT2D eigenvalue weighted by atomic mass is 35.5. The number of carbonyl (C=O) groups excluding carboxylic acids is 3. The normalized spacial score (nSPS) is 27.2. The lowest BCUT2D eigenvalue weighted by atomic mass is 9.83. The molecule has 36 heavy (non-hydrogen) atoms. The molecule has 4 unspecified atom stereocenters. The zero-order valence-electron chi connectivity index (χ0n) is 19.8. The van der Waals surface area contributed by atoms with Gasteiger partial charge in [-0.3, -0.25) is 14.4 Å². The summed E-state index contributed by atoms with van der Waals surface area (Å²) in [7, 11) is 0. The number of ketones is 1. The molecular formula is C25H28ClN5O4S. The molecule has 0 radical (unpaired) electrons. The lowest BCUT2D eigenvalue weighted by Gasteiger charge is -2.34. The highest BCUT2D eigenvalue weighted by Crippen LogP contribution is 2.38. The van der Waals surface area contributed by atoms with Crippen LogP contribution < -0.4 is 5.32 Å². The molecule has 0 aromatic carbocycles. The van der Waals surface area contributed by atoms with Crippen molar-refractivity contribution in [3.8, 4) is 10.4 Å². The number of fused-ring (bicyclic) bond motifs is 1. The van der Waals surface area contributed by atoms with Crippen molar-refractivity contribution in [2.45, 2.75) is 74.4 Å². The maximum atomic E-state index is 13.8. The van der Waals surface area contributed by atoms with E-state index in [2.05, 4.69) is 20.3 Å². The summed E-state index contributed by atoms with van der Waals surface area (Å²) in [6.07, 6.45) is 11.8. The number of amides is 2. The van der Waals surface area contributed by atoms with Gasteiger partial charge in [0.25, 0.3) is 5.91 Å². The van der Waals surface area contributed by atoms with Crippen molar-refractivity contribution in [3.63, 3.8) is 0 Å². The van der Waals surface area contributed by atoms with Crippen LogP contribution in [0.1, 0.15) is 66.5 Å². The fraction of sp³-hybridized carbons (Fsp3) is 0.600. The molecule has 1 N–H and O–H groups in total. The van der Waals surface area contributed by atoms with E-state index in [0.29, 0.717) is 5.92 Å². The number of nitrogens with one attached hydrogen (secondary N) is 1. The molecule has 11 heteroatoms. The summed E-state index contributed by atoms with van der Waals surface area (Å²) in [5.41, 5.74) is 0.812. The quantitative estimate of drug-likeness (QED) is 0.572. The summed E-state index contributed by atoms with van der Waals surface area (Å²) in [5, 5.41) is 2.81. The number of nitrogens with zero attached hydrogens (tertiary/aromatic N) is 4. The number of hydrogen-bond acceptors (Lipinski definition) is 8. The molecule has 2 aliphatic carbocycles. The molecule has 4 fully saturated rings. The van der Waals surface area contributed by atoms with Gasteiger partial charge in [0.1, 0.15) is 30.6 Å². The van der Waals surface area contributed by atoms with Gasteiger partial charge in [-0.05, 0) is 31.6 Å². The van der Waals surface area contributed by atoms with Gasteiger partial charge < -0.3 is 15.0 Å². The topological polar surface area (TPSA) is 114 Å². The van der Waals surface area contributed by atoms with Crippen molar-refractivity contribution in [2.24, 2.45) is 5.92 Å². The smallest absolute Gasteiger partial charge is 0.280 e. The average Bonchev–Trinajstić information content (AvgIpc) is 3.35. The second-order valence-electron chi connectivity index (χ2n) is 10.2. The first-order valence-electron chi connectivity index (χ1n) is 12.7. The van der Waals surface area contributed by atoms with E-state index in [9.17, 15) is 14.4 Å². The first-order valence-corrected chi connectivity index (χ1v) is 13.9. The minimum absolute atomic E-state index is 0.00301. The number of rotatable bonds is 6. The summed E-state index contributed by atoms with van der Waals surface area (Å²) >= 11 is 7.67. The first kappa shape index (κ1) is 23.9. The van der Waals surface area contributed by atoms with Crippen molar-refractivity contribution in [3.05, 3.63) is 29.4 Å². The maximum Gasteiger partial charge on any atom is 0.280 e. The number of Topliss-reactive ketones (excluding diaryl/α,β-unsaturated/α-hetero) is 1. The van der Waals surface area contributed by atoms with Crippen molar-refractivity contribution in [1.82, 2.24) is 25.2 Å². The minimum atomic E-state index is -0.734. The second kappa shape index (κ2) is 9.79. The van der Waals surface area contributed by atoms with Crippen LogP contribution in [0.5, 0.6) is 0 Å². The van der Waals surface area contributed by atoms with Crippen LogP contribution in [0.15, 0.2) is 18.6 Å². The monoisotopic (exact) mass is 529 g/mol. The molecule has 4 heterocycles. The van der Waals surface area contributed by atoms with E-state index >= 15 is 0 Å². The number of carbonyl (C=O) groups is 3. The second-order valence-corrected chi connectivity index (χ2v) is 11.8. The number of thiazole rings is 1. The Hall–Kier alpha value is -2.43. The highest BCUT2D eigenvalue weighted by molar-refractivity contribution is 7.16. The van der Waals surface area contributed by atoms with Crippen molar-refractivity contribution in [1.29, 1.82) is 0 Å². The molecule has 9 nitrogen and oxygen atoms in total. The largest absolute Gasteiger partial charge is 0.366 e. The third kappa shape index (κ3) is 4.54. The van der Waals surface area contributed by atoms with E-state index in [1.165, 1.54) is 16.2 Å². The van der Waals surface area contributed by atoms with Gasteiger partial charge in [-0.2, -0.15) is 0 Å². The molecule has 0 spiro atoms. The fourth-order valence-electron chi connectivity index (χ4n) is 5.58. The number of likely N-dealkylation sites (tertiary alicyclic amines) is 1. The van der Waals surface area contributed by atoms with Gasteiger partial charge in [0.05, 0.1) is 10.3 Å². The van der Waals surface area contributed by atoms with Gasteiger partial charge in [0.2, 0.25) is 5.91 Å². The molecule has 0 bridgehead atoms. The van der Waals surface area contributed by atoms with E-state index in [4.69, 9.17) is 16.3 Å². The Balaban J connectivity index is 1.20. The number of aromatic nitrogens is 3. The summed E-state index contributed by atoms with van der Waals surface area (Å²) in [4.78, 5) is 55.1. The third-order valence-corrected chi connectivity index (χ3v) is 9.11. The lowest BCUT2D eigenvalue weighted by molar-refractivity contribution is -0.139. The number of halogens is 1. The molecule has 2 aliphatic heterocycles. The summed E-state index contributed by atoms with van der Waals surface area (Å²) < 4.78 is 5.54. The third-order valence-electron chi connectivity index (χ3n) is 7.68. The zero-order chi connectivity index (χ0) is 24.8. The van der Waals surface area contributed by atoms with Gasteiger partial charge in [-0.15, -0.1) is 22.9 Å². The lowest BCUT2D eigenvalue weighted by Crippen LogP contribution is -2.55. The van der Waals surface area contributed by atoms with E-state index in [1.54, 1.807) is 18.6 Å². The van der Waals surface area contributed by atoms with Crippen molar-refractivity contribution < 1.29 is 19.1 Å². The zero-order valence-corrected chi connectivity index (χ0v) is 21.3. The van der Waals surface area contributed by atoms with E-state index in [-0.39, 0.29) is 35.8 Å². The Kier molecular flexibility index (Phi) is 6.51. The van der Waals surface area contributed by atoms with E-state index in [1.807, 2.05) is 0 Å². The van der Waals surface area contributed by atoms with Gasteiger partial charge in [-0.25, -0.2) is 15.0 Å². The summed E-state index contributed by atoms with van der Waals surface area (Å²) in [6.45, 7) is 0.203. The molecule has 4 aliphatic rings. The van der Waals surface area contributed by atoms with Crippen LogP contribution in [-0.4, -0.2) is 74.2 Å². The fourth-order valence-corrected chi connectivity index (χ4v) is 6.74. The Morgan fingerprint density at radius 2 is 1.83 bits per heavy atom. The van der Waals surface area contributed by atoms with Crippen LogP contribution in [0.4, 0.5) is 0 Å². The molecule has 6 rings (SSSR count). The van der Waals surface area contributed by atoms with Crippen LogP contribution in [0.2, 0.25) is 0 Å². The molecular weight excluding hydrogens is 502 g/mol. The van der Waals surface area contributed by atoms with Crippen LogP contribution in [0.25, 0.3) is 10.4 Å². The highest BCUT2D eigenvalue weighted by Gasteiger charge is 2.53. The molecule has 2 aromatic rings. The SMILES string of the molecule is O=C(NC(C(=O)N1CC(Cl)C2OCC(=O)C21)C1CCCCC1)c1ncc(-c2cnc(C3CC3)nc2)s1. The predicted octanol–water partition coefficient (Wildman–Crippen LogP) is 2.94. The average molecular weight is 530 g/mol. The van der Waals surface area contributed by atoms with Gasteiger partial charge >= 0.3 is 0 Å². The Bertz CT molecular complexity index is 1160. The molecule has 2 amide bonds. The maximum absolute atomic E-state index is 13.8. The van der Waals surface area contributed by atoms with Crippen molar-refractivity contribution in [2.75, 3.05) is 13.2 Å². The minimum Gasteiger partial charge on any atom is -0.366 e. The summed E-state index contributed by atoms with van der Waals surface area (Å²) in [6, 6.07) is -1.41. The molecule has 2 saturated carbocycles. The van der Waals surface area contributed by atoms with Crippen LogP contribution in [0, 0.1) is 5.92 Å². The molecule has 190 valence electrons. The first-order chi connectivity index (χ1) is 17.5. The van der Waals surface area contributed by atoms with Crippen molar-refractivity contribution >= 4 is 40.5 Å². The Morgan fingerprint density at radius 1 is 1.08 bits per heavy atom. The number of ether oxygens (including phenoxy) is 1. The molecule has 4 atom stereocenters. The number of alkyl halides is 1. The molecule has 2 saturated heterocycles. The Morgan fingerprint density at radius 3 is 2.56 bits per heavy atom. The van der Waals surface area contributed by atoms with Crippen LogP contribution >= 0.6 is 22.9 Å². The van der Waals surface area contributed by atoms with E-state index < -0.39 is 29.5 Å². The van der Waals surface area contributed by atoms with Gasteiger partial charge in [0.15, 0.2) is 10.8 Å². The molecule has 2 aromatic heterocycles. The summed E-state index contributed by atoms with van der Waals surface area (Å²) in [5.74, 6) is 0.561. The number of hydrogen-bond donors (Lipinski definition) is 1. The van der Waals surface area contributed by atoms with Gasteiger partial charge in [-0.1, -0.05) is 19.3 Å². The van der Waals surface area contributed by atoms with Crippen LogP contribution in [-0.2, 0) is 14.3 Å². The standard InChI is InChI=1S/C25H28ClN5O4S/c26-16-11-31(20-17(32)12-35-21(16)20)25(34)19(13-4-2-1-3-5-13)30-23(33)24-29-10-18(36-24)15-8-27-22(28-9-15)14-6-7-14/h8-10,13-14,16,19-21H,1-7,11-12H2,(H,30,33).